The van der Waals surface area contributed by atoms with Gasteiger partial charge in [0.1, 0.15) is 5.60 Å². The first-order valence-electron chi connectivity index (χ1n) is 6.75. The minimum atomic E-state index is -0.447. The third kappa shape index (κ3) is 4.46. The second-order valence-electron chi connectivity index (χ2n) is 6.12. The SMILES string of the molecule is CC(NC1CC1NC(=O)OC(C)(C)C)c1sccc1Br. The number of halogens is 1. The summed E-state index contributed by atoms with van der Waals surface area (Å²) < 4.78 is 6.39. The predicted molar refractivity (Wildman–Crippen MR) is 85.1 cm³/mol. The van der Waals surface area contributed by atoms with Crippen LogP contribution in [0.1, 0.15) is 45.0 Å². The van der Waals surface area contributed by atoms with Crippen molar-refractivity contribution in [1.82, 2.24) is 10.6 Å². The highest BCUT2D eigenvalue weighted by Crippen LogP contribution is 2.32. The molecule has 6 heteroatoms. The summed E-state index contributed by atoms with van der Waals surface area (Å²) in [5.74, 6) is 0. The van der Waals surface area contributed by atoms with E-state index in [0.717, 1.165) is 10.9 Å². The molecule has 1 saturated carbocycles. The zero-order chi connectivity index (χ0) is 14.9. The lowest BCUT2D eigenvalue weighted by molar-refractivity contribution is 0.0522. The fourth-order valence-corrected chi connectivity index (χ4v) is 3.74. The summed E-state index contributed by atoms with van der Waals surface area (Å²) in [6.45, 7) is 7.74. The molecular weight excluding hydrogens is 340 g/mol. The number of hydrogen-bond acceptors (Lipinski definition) is 4. The molecular formula is C14H21BrN2O2S. The second-order valence-corrected chi connectivity index (χ2v) is 7.92. The lowest BCUT2D eigenvalue weighted by Crippen LogP contribution is -2.37. The van der Waals surface area contributed by atoms with Crippen molar-refractivity contribution in [2.24, 2.45) is 0 Å². The first-order valence-corrected chi connectivity index (χ1v) is 8.42. The fourth-order valence-electron chi connectivity index (χ4n) is 2.01. The molecule has 0 spiro atoms. The van der Waals surface area contributed by atoms with E-state index >= 15 is 0 Å². The Labute approximate surface area is 132 Å². The Kier molecular flexibility index (Phi) is 4.76. The molecule has 0 bridgehead atoms. The summed E-state index contributed by atoms with van der Waals surface area (Å²) in [5.41, 5.74) is -0.447. The standard InChI is InChI=1S/C14H21BrN2O2S/c1-8(12-9(15)5-6-20-12)16-10-7-11(10)17-13(18)19-14(2,3)4/h5-6,8,10-11,16H,7H2,1-4H3,(H,17,18). The van der Waals surface area contributed by atoms with Crippen molar-refractivity contribution in [2.45, 2.75) is 57.8 Å². The average Bonchev–Trinajstić information content (AvgIpc) is 2.84. The van der Waals surface area contributed by atoms with Gasteiger partial charge in [-0.1, -0.05) is 0 Å². The molecule has 1 aromatic rings. The Morgan fingerprint density at radius 3 is 2.75 bits per heavy atom. The summed E-state index contributed by atoms with van der Waals surface area (Å²) >= 11 is 5.28. The maximum atomic E-state index is 11.7. The second kappa shape index (κ2) is 6.03. The monoisotopic (exact) mass is 360 g/mol. The normalized spacial score (nSPS) is 23.2. The first-order chi connectivity index (χ1) is 9.26. The van der Waals surface area contributed by atoms with E-state index in [-0.39, 0.29) is 18.2 Å². The summed E-state index contributed by atoms with van der Waals surface area (Å²) in [6.07, 6.45) is 0.615. The quantitative estimate of drug-likeness (QED) is 0.857. The molecule has 0 aromatic carbocycles. The zero-order valence-electron chi connectivity index (χ0n) is 12.2. The molecule has 1 aliphatic carbocycles. The number of carbonyl (C=O) groups excluding carboxylic acids is 1. The molecule has 3 unspecified atom stereocenters. The lowest BCUT2D eigenvalue weighted by atomic mass is 10.2. The van der Waals surface area contributed by atoms with E-state index in [4.69, 9.17) is 4.74 Å². The van der Waals surface area contributed by atoms with Crippen LogP contribution in [0, 0.1) is 0 Å². The highest BCUT2D eigenvalue weighted by molar-refractivity contribution is 9.10. The van der Waals surface area contributed by atoms with Crippen LogP contribution in [0.15, 0.2) is 15.9 Å². The molecule has 3 atom stereocenters. The number of alkyl carbamates (subject to hydrolysis) is 1. The molecule has 1 aliphatic rings. The molecule has 1 fully saturated rings. The minimum Gasteiger partial charge on any atom is -0.444 e. The van der Waals surface area contributed by atoms with Crippen LogP contribution in [-0.4, -0.2) is 23.8 Å². The Morgan fingerprint density at radius 2 is 2.20 bits per heavy atom. The van der Waals surface area contributed by atoms with Gasteiger partial charge in [-0.15, -0.1) is 11.3 Å². The largest absolute Gasteiger partial charge is 0.444 e. The Hall–Kier alpha value is -0.590. The molecule has 4 nitrogen and oxygen atoms in total. The maximum absolute atomic E-state index is 11.7. The van der Waals surface area contributed by atoms with Gasteiger partial charge in [0.15, 0.2) is 0 Å². The highest BCUT2D eigenvalue weighted by atomic mass is 79.9. The van der Waals surface area contributed by atoms with Crippen molar-refractivity contribution >= 4 is 33.4 Å². The molecule has 2 N–H and O–H groups in total. The first kappa shape index (κ1) is 15.8. The molecule has 1 aromatic heterocycles. The van der Waals surface area contributed by atoms with Gasteiger partial charge in [0.05, 0.1) is 0 Å². The molecule has 1 heterocycles. The highest BCUT2D eigenvalue weighted by Gasteiger charge is 2.40. The Bertz CT molecular complexity index is 484. The van der Waals surface area contributed by atoms with Crippen LogP contribution in [0.2, 0.25) is 0 Å². The molecule has 0 saturated heterocycles. The molecule has 2 rings (SSSR count). The summed E-state index contributed by atoms with van der Waals surface area (Å²) in [4.78, 5) is 12.9. The van der Waals surface area contributed by atoms with E-state index in [9.17, 15) is 4.79 Å². The van der Waals surface area contributed by atoms with Crippen LogP contribution in [0.4, 0.5) is 4.79 Å². The third-order valence-corrected chi connectivity index (χ3v) is 5.05. The molecule has 20 heavy (non-hydrogen) atoms. The van der Waals surface area contributed by atoms with Gasteiger partial charge in [0.2, 0.25) is 0 Å². The molecule has 112 valence electrons. The van der Waals surface area contributed by atoms with E-state index in [0.29, 0.717) is 6.04 Å². The van der Waals surface area contributed by atoms with Gasteiger partial charge in [0, 0.05) is 27.5 Å². The predicted octanol–water partition coefficient (Wildman–Crippen LogP) is 3.83. The van der Waals surface area contributed by atoms with Crippen LogP contribution >= 0.6 is 27.3 Å². The van der Waals surface area contributed by atoms with E-state index in [1.807, 2.05) is 20.8 Å². The van der Waals surface area contributed by atoms with Gasteiger partial charge in [0.25, 0.3) is 0 Å². The van der Waals surface area contributed by atoms with Crippen LogP contribution in [0.3, 0.4) is 0 Å². The number of amides is 1. The van der Waals surface area contributed by atoms with Gasteiger partial charge in [-0.25, -0.2) is 4.79 Å². The topological polar surface area (TPSA) is 50.4 Å². The van der Waals surface area contributed by atoms with Crippen molar-refractivity contribution in [3.05, 3.63) is 20.8 Å². The average molecular weight is 361 g/mol. The van der Waals surface area contributed by atoms with Crippen molar-refractivity contribution in [3.63, 3.8) is 0 Å². The Morgan fingerprint density at radius 1 is 1.50 bits per heavy atom. The van der Waals surface area contributed by atoms with Crippen molar-refractivity contribution in [3.8, 4) is 0 Å². The summed E-state index contributed by atoms with van der Waals surface area (Å²) in [7, 11) is 0. The maximum Gasteiger partial charge on any atom is 0.407 e. The van der Waals surface area contributed by atoms with Gasteiger partial charge < -0.3 is 15.4 Å². The Balaban J connectivity index is 1.76. The third-order valence-electron chi connectivity index (χ3n) is 2.99. The summed E-state index contributed by atoms with van der Waals surface area (Å²) in [5, 5.41) is 8.49. The number of ether oxygens (including phenoxy) is 1. The van der Waals surface area contributed by atoms with Crippen LogP contribution in [0.5, 0.6) is 0 Å². The lowest BCUT2D eigenvalue weighted by Gasteiger charge is -2.20. The van der Waals surface area contributed by atoms with E-state index < -0.39 is 5.60 Å². The number of rotatable bonds is 4. The van der Waals surface area contributed by atoms with Crippen molar-refractivity contribution < 1.29 is 9.53 Å². The van der Waals surface area contributed by atoms with Crippen LogP contribution < -0.4 is 10.6 Å². The van der Waals surface area contributed by atoms with Gasteiger partial charge in [-0.05, 0) is 61.5 Å². The van der Waals surface area contributed by atoms with Crippen molar-refractivity contribution in [2.75, 3.05) is 0 Å². The molecule has 0 radical (unpaired) electrons. The number of thiophene rings is 1. The number of nitrogens with one attached hydrogen (secondary N) is 2. The zero-order valence-corrected chi connectivity index (χ0v) is 14.6. The molecule has 1 amide bonds. The molecule has 0 aliphatic heterocycles. The smallest absolute Gasteiger partial charge is 0.407 e. The minimum absolute atomic E-state index is 0.172. The van der Waals surface area contributed by atoms with Crippen LogP contribution in [-0.2, 0) is 4.74 Å². The summed E-state index contributed by atoms with van der Waals surface area (Å²) in [6, 6.07) is 2.83. The van der Waals surface area contributed by atoms with Crippen LogP contribution in [0.25, 0.3) is 0 Å². The van der Waals surface area contributed by atoms with Gasteiger partial charge >= 0.3 is 6.09 Å². The van der Waals surface area contributed by atoms with Gasteiger partial charge in [-0.3, -0.25) is 0 Å². The van der Waals surface area contributed by atoms with E-state index in [1.165, 1.54) is 4.88 Å². The van der Waals surface area contributed by atoms with E-state index in [2.05, 4.69) is 44.9 Å². The number of hydrogen-bond donors (Lipinski definition) is 2. The van der Waals surface area contributed by atoms with E-state index in [1.54, 1.807) is 11.3 Å². The fraction of sp³-hybridized carbons (Fsp3) is 0.643. The van der Waals surface area contributed by atoms with Crippen molar-refractivity contribution in [1.29, 1.82) is 0 Å². The van der Waals surface area contributed by atoms with Gasteiger partial charge in [-0.2, -0.15) is 0 Å². The number of carbonyl (C=O) groups is 1.